The number of amides is 1. The number of carbonyl (C=O) groups is 1. The largest absolute Gasteiger partial charge is 0.497 e. The first-order valence-electron chi connectivity index (χ1n) is 11.7. The summed E-state index contributed by atoms with van der Waals surface area (Å²) in [5.41, 5.74) is 2.39. The highest BCUT2D eigenvalue weighted by atomic mass is 32.2. The average molecular weight is 500 g/mol. The molecule has 2 aromatic heterocycles. The van der Waals surface area contributed by atoms with Gasteiger partial charge in [0.1, 0.15) is 11.5 Å². The summed E-state index contributed by atoms with van der Waals surface area (Å²) in [7, 11) is 3.30. The molecule has 1 aliphatic carbocycles. The Kier molecular flexibility index (Phi) is 6.83. The first kappa shape index (κ1) is 23.2. The minimum atomic E-state index is -0.0313. The van der Waals surface area contributed by atoms with Crippen LogP contribution in [0, 0.1) is 5.92 Å². The fraction of sp³-hybridized carbons (Fsp3) is 0.480. The van der Waals surface area contributed by atoms with Crippen LogP contribution in [-0.2, 0) is 17.6 Å². The molecular weight excluding hydrogens is 470 g/mol. The van der Waals surface area contributed by atoms with Gasteiger partial charge in [-0.25, -0.2) is 0 Å². The SMILES string of the molecule is COc1ccc(OC)c(C2CCCN2C(=O)CSc2nnc(-c3cc4c(s3)CCC(C)C4)o2)c1. The molecule has 0 saturated carbocycles. The lowest BCUT2D eigenvalue weighted by Crippen LogP contribution is -2.32. The van der Waals surface area contributed by atoms with E-state index in [1.807, 2.05) is 23.1 Å². The minimum absolute atomic E-state index is 0.0313. The van der Waals surface area contributed by atoms with E-state index in [1.165, 1.54) is 28.6 Å². The van der Waals surface area contributed by atoms with Gasteiger partial charge in [-0.3, -0.25) is 4.79 Å². The Labute approximate surface area is 207 Å². The van der Waals surface area contributed by atoms with Crippen molar-refractivity contribution < 1.29 is 18.7 Å². The van der Waals surface area contributed by atoms with E-state index in [1.54, 1.807) is 25.6 Å². The number of carbonyl (C=O) groups excluding carboxylic acids is 1. The second-order valence-electron chi connectivity index (χ2n) is 8.92. The molecule has 3 heterocycles. The molecule has 1 amide bonds. The second-order valence-corrected chi connectivity index (χ2v) is 11.0. The van der Waals surface area contributed by atoms with Gasteiger partial charge in [-0.05, 0) is 67.9 Å². The maximum Gasteiger partial charge on any atom is 0.277 e. The summed E-state index contributed by atoms with van der Waals surface area (Å²) in [6, 6.07) is 7.90. The smallest absolute Gasteiger partial charge is 0.277 e. The minimum Gasteiger partial charge on any atom is -0.497 e. The molecule has 1 aromatic carbocycles. The van der Waals surface area contributed by atoms with Gasteiger partial charge in [-0.15, -0.1) is 21.5 Å². The van der Waals surface area contributed by atoms with Crippen molar-refractivity contribution in [1.29, 1.82) is 0 Å². The van der Waals surface area contributed by atoms with Crippen molar-refractivity contribution in [3.63, 3.8) is 0 Å². The zero-order valence-corrected chi connectivity index (χ0v) is 21.3. The van der Waals surface area contributed by atoms with Gasteiger partial charge in [0, 0.05) is 17.0 Å². The van der Waals surface area contributed by atoms with Crippen molar-refractivity contribution in [2.24, 2.45) is 5.92 Å². The van der Waals surface area contributed by atoms with Crippen LogP contribution in [0.2, 0.25) is 0 Å². The molecule has 0 N–H and O–H groups in total. The Bertz CT molecular complexity index is 1170. The van der Waals surface area contributed by atoms with Crippen molar-refractivity contribution in [2.45, 2.75) is 50.3 Å². The highest BCUT2D eigenvalue weighted by Gasteiger charge is 2.32. The van der Waals surface area contributed by atoms with Gasteiger partial charge >= 0.3 is 0 Å². The van der Waals surface area contributed by atoms with Crippen LogP contribution in [-0.4, -0.2) is 47.5 Å². The lowest BCUT2D eigenvalue weighted by molar-refractivity contribution is -0.129. The van der Waals surface area contributed by atoms with Crippen LogP contribution >= 0.6 is 23.1 Å². The van der Waals surface area contributed by atoms with E-state index in [0.717, 1.165) is 60.1 Å². The summed E-state index contributed by atoms with van der Waals surface area (Å²) in [5, 5.41) is 8.86. The Morgan fingerprint density at radius 3 is 2.94 bits per heavy atom. The maximum absolute atomic E-state index is 13.1. The number of aromatic nitrogens is 2. The van der Waals surface area contributed by atoms with Gasteiger partial charge in [0.25, 0.3) is 11.1 Å². The fourth-order valence-corrected chi connectivity index (χ4v) is 6.65. The third-order valence-electron chi connectivity index (χ3n) is 6.63. The molecule has 1 fully saturated rings. The van der Waals surface area contributed by atoms with Gasteiger partial charge in [-0.2, -0.15) is 0 Å². The molecule has 180 valence electrons. The Hall–Kier alpha value is -2.52. The molecule has 0 radical (unpaired) electrons. The Morgan fingerprint density at radius 2 is 2.12 bits per heavy atom. The predicted octanol–water partition coefficient (Wildman–Crippen LogP) is 5.40. The number of hydrogen-bond donors (Lipinski definition) is 0. The Morgan fingerprint density at radius 1 is 1.24 bits per heavy atom. The van der Waals surface area contributed by atoms with E-state index < -0.39 is 0 Å². The fourth-order valence-electron chi connectivity index (χ4n) is 4.87. The van der Waals surface area contributed by atoms with E-state index in [4.69, 9.17) is 13.9 Å². The number of hydrogen-bond acceptors (Lipinski definition) is 8. The van der Waals surface area contributed by atoms with Crippen LogP contribution in [0.1, 0.15) is 48.2 Å². The summed E-state index contributed by atoms with van der Waals surface area (Å²) in [4.78, 5) is 17.5. The molecule has 2 unspecified atom stereocenters. The maximum atomic E-state index is 13.1. The lowest BCUT2D eigenvalue weighted by atomic mass is 9.90. The van der Waals surface area contributed by atoms with Crippen molar-refractivity contribution in [3.8, 4) is 22.3 Å². The normalized spacial score (nSPS) is 19.8. The molecule has 7 nitrogen and oxygen atoms in total. The molecule has 5 rings (SSSR count). The molecule has 1 aliphatic heterocycles. The van der Waals surface area contributed by atoms with Gasteiger partial charge in [0.05, 0.1) is 30.9 Å². The quantitative estimate of drug-likeness (QED) is 0.403. The first-order valence-corrected chi connectivity index (χ1v) is 13.5. The van der Waals surface area contributed by atoms with E-state index in [9.17, 15) is 4.79 Å². The van der Waals surface area contributed by atoms with Crippen LogP contribution in [0.15, 0.2) is 33.9 Å². The predicted molar refractivity (Wildman–Crippen MR) is 133 cm³/mol. The van der Waals surface area contributed by atoms with Crippen LogP contribution in [0.4, 0.5) is 0 Å². The zero-order chi connectivity index (χ0) is 23.7. The number of rotatable bonds is 7. The van der Waals surface area contributed by atoms with Crippen molar-refractivity contribution in [3.05, 3.63) is 40.3 Å². The third-order valence-corrected chi connectivity index (χ3v) is 8.66. The molecule has 2 aliphatic rings. The van der Waals surface area contributed by atoms with Crippen molar-refractivity contribution in [1.82, 2.24) is 15.1 Å². The number of thiophene rings is 1. The van der Waals surface area contributed by atoms with Gasteiger partial charge < -0.3 is 18.8 Å². The highest BCUT2D eigenvalue weighted by molar-refractivity contribution is 7.99. The number of thioether (sulfide) groups is 1. The number of methoxy groups -OCH3 is 2. The third kappa shape index (κ3) is 4.68. The summed E-state index contributed by atoms with van der Waals surface area (Å²) >= 11 is 3.05. The standard InChI is InChI=1S/C25H29N3O4S2/c1-15-6-9-21-16(11-15)12-22(34-21)24-26-27-25(32-24)33-14-23(29)28-10-4-5-19(28)18-13-17(30-2)7-8-20(18)31-3/h7-8,12-13,15,19H,4-6,9-11,14H2,1-3H3. The molecule has 3 aromatic rings. The number of likely N-dealkylation sites (tertiary alicyclic amines) is 1. The second kappa shape index (κ2) is 10.00. The van der Waals surface area contributed by atoms with E-state index >= 15 is 0 Å². The van der Waals surface area contributed by atoms with Gasteiger partial charge in [0.2, 0.25) is 5.91 Å². The molecule has 9 heteroatoms. The summed E-state index contributed by atoms with van der Waals surface area (Å²) in [6.45, 7) is 3.02. The molecular formula is C25H29N3O4S2. The first-order chi connectivity index (χ1) is 16.6. The molecule has 0 bridgehead atoms. The Balaban J connectivity index is 1.25. The van der Waals surface area contributed by atoms with Gasteiger partial charge in [-0.1, -0.05) is 18.7 Å². The van der Waals surface area contributed by atoms with Crippen LogP contribution in [0.25, 0.3) is 10.8 Å². The van der Waals surface area contributed by atoms with E-state index in [2.05, 4.69) is 23.2 Å². The van der Waals surface area contributed by atoms with Crippen molar-refractivity contribution >= 4 is 29.0 Å². The summed E-state index contributed by atoms with van der Waals surface area (Å²) in [5.74, 6) is 3.10. The summed E-state index contributed by atoms with van der Waals surface area (Å²) in [6.07, 6.45) is 5.32. The van der Waals surface area contributed by atoms with E-state index in [-0.39, 0.29) is 17.7 Å². The molecule has 1 saturated heterocycles. The number of aryl methyl sites for hydroxylation is 1. The van der Waals surface area contributed by atoms with Crippen LogP contribution in [0.3, 0.4) is 0 Å². The number of ether oxygens (including phenoxy) is 2. The molecule has 2 atom stereocenters. The number of nitrogens with zero attached hydrogens (tertiary/aromatic N) is 3. The number of fused-ring (bicyclic) bond motifs is 1. The lowest BCUT2D eigenvalue weighted by Gasteiger charge is -2.26. The van der Waals surface area contributed by atoms with Crippen molar-refractivity contribution in [2.75, 3.05) is 26.5 Å². The molecule has 34 heavy (non-hydrogen) atoms. The number of benzene rings is 1. The van der Waals surface area contributed by atoms with E-state index in [0.29, 0.717) is 11.1 Å². The topological polar surface area (TPSA) is 77.7 Å². The van der Waals surface area contributed by atoms with Crippen LogP contribution < -0.4 is 9.47 Å². The highest BCUT2D eigenvalue weighted by Crippen LogP contribution is 2.40. The molecule has 0 spiro atoms. The average Bonchev–Trinajstić information content (AvgIpc) is 3.61. The summed E-state index contributed by atoms with van der Waals surface area (Å²) < 4.78 is 16.9. The van der Waals surface area contributed by atoms with Crippen LogP contribution in [0.5, 0.6) is 11.5 Å². The monoisotopic (exact) mass is 499 g/mol. The van der Waals surface area contributed by atoms with Gasteiger partial charge in [0.15, 0.2) is 0 Å². The zero-order valence-electron chi connectivity index (χ0n) is 19.7.